The van der Waals surface area contributed by atoms with Crippen molar-refractivity contribution in [2.45, 2.75) is 90.1 Å². The minimum absolute atomic E-state index is 0.00289. The highest BCUT2D eigenvalue weighted by atomic mass is 35.5. The zero-order valence-electron chi connectivity index (χ0n) is 31.9. The van der Waals surface area contributed by atoms with Crippen molar-refractivity contribution in [3.05, 3.63) is 94.3 Å². The minimum atomic E-state index is -3.53. The van der Waals surface area contributed by atoms with Crippen molar-refractivity contribution < 1.29 is 28.0 Å². The Morgan fingerprint density at radius 2 is 2.02 bits per heavy atom. The van der Waals surface area contributed by atoms with Crippen LogP contribution in [0, 0.1) is 17.8 Å². The van der Waals surface area contributed by atoms with Gasteiger partial charge in [-0.25, -0.2) is 4.21 Å². The molecular formula is C42H53ClN4O6S. The predicted octanol–water partition coefficient (Wildman–Crippen LogP) is 7.76. The van der Waals surface area contributed by atoms with Crippen molar-refractivity contribution in [2.24, 2.45) is 22.1 Å². The van der Waals surface area contributed by atoms with Gasteiger partial charge in [-0.15, -0.1) is 10.9 Å². The van der Waals surface area contributed by atoms with E-state index in [9.17, 15) is 13.8 Å². The number of anilines is 1. The van der Waals surface area contributed by atoms with E-state index in [1.165, 1.54) is 11.1 Å². The molecule has 1 unspecified atom stereocenters. The molecule has 0 saturated heterocycles. The highest BCUT2D eigenvalue weighted by molar-refractivity contribution is 7.92. The van der Waals surface area contributed by atoms with Crippen LogP contribution in [-0.4, -0.2) is 65.4 Å². The van der Waals surface area contributed by atoms with Crippen LogP contribution in [-0.2, 0) is 44.4 Å². The number of hydrogen-bond donors (Lipinski definition) is 1. The van der Waals surface area contributed by atoms with Crippen molar-refractivity contribution in [3.8, 4) is 5.75 Å². The number of aromatic nitrogens is 1. The van der Waals surface area contributed by atoms with Crippen LogP contribution in [0.1, 0.15) is 90.4 Å². The van der Waals surface area contributed by atoms with Crippen molar-refractivity contribution in [1.29, 1.82) is 0 Å². The van der Waals surface area contributed by atoms with E-state index in [1.54, 1.807) is 31.5 Å². The number of carbonyl (C=O) groups excluding carboxylic acids is 2. The van der Waals surface area contributed by atoms with Crippen LogP contribution in [0.25, 0.3) is 0 Å². The summed E-state index contributed by atoms with van der Waals surface area (Å²) >= 11 is 6.47. The SMILES string of the molecule is C=CC[C@H](C)CS(=O)(=NC(=O)c1ccc2c(c1)N(C[C@@H]1CC[C@H]1[C@H](C)OC)C[C@@]1(CCCc3cc(Cl)ccc31)CO2)NC(=O)c1cc2n(c1)C[C@@H](C)OC2. The molecule has 290 valence electrons. The number of halogens is 1. The quantitative estimate of drug-likeness (QED) is 0.198. The first-order chi connectivity index (χ1) is 25.9. The van der Waals surface area contributed by atoms with E-state index in [0.717, 1.165) is 55.1 Å². The number of allylic oxidation sites excluding steroid dienone is 1. The molecule has 1 aromatic heterocycles. The molecule has 2 aromatic carbocycles. The Bertz CT molecular complexity index is 2040. The number of nitrogens with zero attached hydrogens (tertiary/aromatic N) is 3. The maximum Gasteiger partial charge on any atom is 0.286 e. The molecule has 12 heteroatoms. The first kappa shape index (κ1) is 38.6. The standard InChI is InChI=1S/C42H53ClN4O6S/c1-6-8-27(2)24-54(50,45-41(49)33-18-35-23-52-28(3)20-46(35)22-33)44-40(48)31-11-15-39-38(19-31)47(21-32-10-13-36(32)29(4)51-5)25-42(26-53-39)16-7-9-30-17-34(43)12-14-37(30)42/h6,11-12,14-15,17-19,22,27-29,32,36H,1,7-10,13,16,20-21,23-26H2,2-5H3,(H,44,45,48,49,50)/t27-,28+,29-,32-,36-,42-,54?/m0/s1. The fourth-order valence-corrected chi connectivity index (χ4v) is 11.0. The Morgan fingerprint density at radius 1 is 1.19 bits per heavy atom. The Balaban J connectivity index is 1.22. The van der Waals surface area contributed by atoms with Gasteiger partial charge >= 0.3 is 0 Å². The predicted molar refractivity (Wildman–Crippen MR) is 213 cm³/mol. The second-order valence-electron chi connectivity index (χ2n) is 16.0. The van der Waals surface area contributed by atoms with Crippen LogP contribution in [0.4, 0.5) is 5.69 Å². The first-order valence-electron chi connectivity index (χ1n) is 19.3. The van der Waals surface area contributed by atoms with Crippen LogP contribution >= 0.6 is 11.6 Å². The molecule has 1 N–H and O–H groups in total. The van der Waals surface area contributed by atoms with E-state index in [4.69, 9.17) is 25.8 Å². The molecular weight excluding hydrogens is 724 g/mol. The maximum atomic E-state index is 14.6. The molecule has 1 spiro atoms. The highest BCUT2D eigenvalue weighted by Crippen LogP contribution is 2.47. The van der Waals surface area contributed by atoms with Gasteiger partial charge in [-0.1, -0.05) is 30.7 Å². The molecule has 7 atom stereocenters. The Morgan fingerprint density at radius 3 is 2.78 bits per heavy atom. The van der Waals surface area contributed by atoms with Crippen molar-refractivity contribution in [3.63, 3.8) is 0 Å². The number of aryl methyl sites for hydroxylation is 1. The highest BCUT2D eigenvalue weighted by Gasteiger charge is 2.44. The monoisotopic (exact) mass is 776 g/mol. The van der Waals surface area contributed by atoms with E-state index >= 15 is 0 Å². The van der Waals surface area contributed by atoms with E-state index in [0.29, 0.717) is 55.9 Å². The van der Waals surface area contributed by atoms with Crippen LogP contribution in [0.3, 0.4) is 0 Å². The third-order valence-electron chi connectivity index (χ3n) is 12.0. The number of methoxy groups -OCH3 is 1. The molecule has 3 heterocycles. The van der Waals surface area contributed by atoms with Gasteiger partial charge in [0.05, 0.1) is 42.4 Å². The molecule has 54 heavy (non-hydrogen) atoms. The average molecular weight is 777 g/mol. The molecule has 3 aromatic rings. The molecule has 10 nitrogen and oxygen atoms in total. The third-order valence-corrected chi connectivity index (χ3v) is 14.2. The second kappa shape index (κ2) is 15.8. The lowest BCUT2D eigenvalue weighted by Crippen LogP contribution is -2.49. The Kier molecular flexibility index (Phi) is 11.3. The number of hydrogen-bond acceptors (Lipinski definition) is 7. The molecule has 2 aliphatic heterocycles. The number of amides is 2. The molecule has 2 amide bonds. The Labute approximate surface area is 324 Å². The fraction of sp³-hybridized carbons (Fsp3) is 0.524. The van der Waals surface area contributed by atoms with Crippen molar-refractivity contribution in [1.82, 2.24) is 9.29 Å². The summed E-state index contributed by atoms with van der Waals surface area (Å²) in [5.41, 5.74) is 4.59. The van der Waals surface area contributed by atoms with Gasteiger partial charge in [0.25, 0.3) is 11.8 Å². The van der Waals surface area contributed by atoms with E-state index in [-0.39, 0.29) is 34.9 Å². The number of ether oxygens (including phenoxy) is 3. The van der Waals surface area contributed by atoms with Gasteiger partial charge in [-0.2, -0.15) is 0 Å². The molecule has 4 aliphatic rings. The average Bonchev–Trinajstić information content (AvgIpc) is 3.48. The Hall–Kier alpha value is -3.64. The minimum Gasteiger partial charge on any atom is -0.490 e. The summed E-state index contributed by atoms with van der Waals surface area (Å²) in [6.45, 7) is 12.8. The van der Waals surface area contributed by atoms with E-state index in [1.807, 2.05) is 36.6 Å². The lowest BCUT2D eigenvalue weighted by atomic mass is 9.68. The fourth-order valence-electron chi connectivity index (χ4n) is 8.90. The zero-order chi connectivity index (χ0) is 38.2. The number of rotatable bonds is 11. The van der Waals surface area contributed by atoms with Gasteiger partial charge in [0.15, 0.2) is 0 Å². The zero-order valence-corrected chi connectivity index (χ0v) is 33.4. The summed E-state index contributed by atoms with van der Waals surface area (Å²) in [6.07, 6.45) is 9.38. The second-order valence-corrected chi connectivity index (χ2v) is 18.4. The van der Waals surface area contributed by atoms with E-state index < -0.39 is 21.7 Å². The third kappa shape index (κ3) is 8.01. The van der Waals surface area contributed by atoms with Crippen LogP contribution in [0.15, 0.2) is 65.7 Å². The maximum absolute atomic E-state index is 14.6. The molecule has 7 rings (SSSR count). The summed E-state index contributed by atoms with van der Waals surface area (Å²) in [6, 6.07) is 13.3. The molecule has 0 radical (unpaired) electrons. The molecule has 2 aliphatic carbocycles. The number of nitrogens with one attached hydrogen (secondary N) is 1. The van der Waals surface area contributed by atoms with Gasteiger partial charge in [-0.05, 0) is 118 Å². The first-order valence-corrected chi connectivity index (χ1v) is 21.3. The van der Waals surface area contributed by atoms with Crippen LogP contribution < -0.4 is 14.4 Å². The topological polar surface area (TPSA) is 111 Å². The van der Waals surface area contributed by atoms with Crippen LogP contribution in [0.5, 0.6) is 5.75 Å². The smallest absolute Gasteiger partial charge is 0.286 e. The summed E-state index contributed by atoms with van der Waals surface area (Å²) in [4.78, 5) is 30.1. The summed E-state index contributed by atoms with van der Waals surface area (Å²) in [7, 11) is -1.76. The van der Waals surface area contributed by atoms with Gasteiger partial charge in [0.1, 0.15) is 15.7 Å². The van der Waals surface area contributed by atoms with Gasteiger partial charge < -0.3 is 23.7 Å². The van der Waals surface area contributed by atoms with Gasteiger partial charge in [0, 0.05) is 54.6 Å². The summed E-state index contributed by atoms with van der Waals surface area (Å²) in [5, 5.41) is 0.738. The number of fused-ring (bicyclic) bond motifs is 4. The van der Waals surface area contributed by atoms with E-state index in [2.05, 4.69) is 39.6 Å². The molecule has 1 saturated carbocycles. The van der Waals surface area contributed by atoms with Crippen molar-refractivity contribution >= 4 is 39.0 Å². The lowest BCUT2D eigenvalue weighted by molar-refractivity contribution is -0.00436. The molecule has 1 fully saturated rings. The number of benzene rings is 2. The summed E-state index contributed by atoms with van der Waals surface area (Å²) in [5.74, 6) is 0.200. The normalized spacial score (nSPS) is 25.4. The van der Waals surface area contributed by atoms with Gasteiger partial charge in [-0.3, -0.25) is 14.3 Å². The lowest BCUT2D eigenvalue weighted by Gasteiger charge is -2.45. The molecule has 0 bridgehead atoms. The van der Waals surface area contributed by atoms with Gasteiger partial charge in [0.2, 0.25) is 0 Å². The largest absolute Gasteiger partial charge is 0.490 e. The number of carbonyl (C=O) groups is 2. The van der Waals surface area contributed by atoms with Crippen molar-refractivity contribution in [2.75, 3.05) is 37.5 Å². The summed E-state index contributed by atoms with van der Waals surface area (Å²) < 4.78 is 41.7. The van der Waals surface area contributed by atoms with Crippen LogP contribution in [0.2, 0.25) is 5.02 Å².